The summed E-state index contributed by atoms with van der Waals surface area (Å²) in [6, 6.07) is 15.4. The average Bonchev–Trinajstić information content (AvgIpc) is 2.68. The Hall–Kier alpha value is -3.12. The van der Waals surface area contributed by atoms with Crippen molar-refractivity contribution in [2.45, 2.75) is 31.7 Å². The zero-order chi connectivity index (χ0) is 19.9. The summed E-state index contributed by atoms with van der Waals surface area (Å²) in [5.41, 5.74) is 0.0266. The molecule has 144 valence electrons. The number of methoxy groups -OCH3 is 1. The van der Waals surface area contributed by atoms with Gasteiger partial charge in [-0.3, -0.25) is 0 Å². The summed E-state index contributed by atoms with van der Waals surface area (Å²) in [4.78, 5) is 24.5. The lowest BCUT2D eigenvalue weighted by Gasteiger charge is -2.43. The van der Waals surface area contributed by atoms with Crippen molar-refractivity contribution in [3.8, 4) is 5.75 Å². The molecule has 2 heterocycles. The van der Waals surface area contributed by atoms with Crippen LogP contribution >= 0.6 is 0 Å². The van der Waals surface area contributed by atoms with Crippen LogP contribution < -0.4 is 10.4 Å². The first kappa shape index (κ1) is 18.3. The van der Waals surface area contributed by atoms with E-state index in [2.05, 4.69) is 0 Å². The van der Waals surface area contributed by atoms with Crippen molar-refractivity contribution in [3.05, 3.63) is 76.1 Å². The predicted molar refractivity (Wildman–Crippen MR) is 103 cm³/mol. The summed E-state index contributed by atoms with van der Waals surface area (Å²) < 4.78 is 23.1. The van der Waals surface area contributed by atoms with Crippen molar-refractivity contribution < 1.29 is 23.4 Å². The van der Waals surface area contributed by atoms with E-state index in [0.29, 0.717) is 22.5 Å². The van der Waals surface area contributed by atoms with Crippen molar-refractivity contribution in [2.75, 3.05) is 7.11 Å². The van der Waals surface area contributed by atoms with E-state index in [-0.39, 0.29) is 0 Å². The fourth-order valence-electron chi connectivity index (χ4n) is 3.55. The Balaban J connectivity index is 1.81. The highest BCUT2D eigenvalue weighted by Crippen LogP contribution is 2.46. The van der Waals surface area contributed by atoms with Crippen LogP contribution in [0.3, 0.4) is 0 Å². The van der Waals surface area contributed by atoms with Crippen LogP contribution in [0.25, 0.3) is 11.0 Å². The molecule has 0 spiro atoms. The van der Waals surface area contributed by atoms with Crippen LogP contribution in [-0.2, 0) is 9.47 Å². The third kappa shape index (κ3) is 3.05. The molecule has 0 bridgehead atoms. The Morgan fingerprint density at radius 1 is 1.04 bits per heavy atom. The highest BCUT2D eigenvalue weighted by Gasteiger charge is 2.48. The molecule has 3 aromatic rings. The number of hydrogen-bond acceptors (Lipinski definition) is 6. The molecule has 0 saturated carbocycles. The predicted octanol–water partition coefficient (Wildman–Crippen LogP) is 3.88. The SMILES string of the molecule is COC1c2c(ccc3ccc(=O)oc23)OC(C)(C)C1OC(=O)c1ccccc1. The molecule has 0 aliphatic carbocycles. The van der Waals surface area contributed by atoms with Gasteiger partial charge in [0.05, 0.1) is 11.1 Å². The molecule has 0 amide bonds. The van der Waals surface area contributed by atoms with Gasteiger partial charge in [0.2, 0.25) is 0 Å². The highest BCUT2D eigenvalue weighted by molar-refractivity contribution is 5.89. The van der Waals surface area contributed by atoms with E-state index < -0.39 is 29.4 Å². The van der Waals surface area contributed by atoms with Gasteiger partial charge in [-0.15, -0.1) is 0 Å². The van der Waals surface area contributed by atoms with E-state index in [1.807, 2.05) is 26.0 Å². The van der Waals surface area contributed by atoms with Crippen molar-refractivity contribution in [3.63, 3.8) is 0 Å². The minimum absolute atomic E-state index is 0.369. The molecule has 1 aliphatic rings. The number of hydrogen-bond donors (Lipinski definition) is 0. The minimum atomic E-state index is -0.860. The molecule has 6 heteroatoms. The molecule has 4 rings (SSSR count). The number of esters is 1. The first-order valence-electron chi connectivity index (χ1n) is 8.95. The Kier molecular flexibility index (Phi) is 4.43. The van der Waals surface area contributed by atoms with Gasteiger partial charge in [0, 0.05) is 18.6 Å². The van der Waals surface area contributed by atoms with Crippen molar-refractivity contribution in [2.24, 2.45) is 0 Å². The molecule has 2 aromatic carbocycles. The molecule has 0 saturated heterocycles. The quantitative estimate of drug-likeness (QED) is 0.507. The van der Waals surface area contributed by atoms with Gasteiger partial charge < -0.3 is 18.6 Å². The smallest absolute Gasteiger partial charge is 0.338 e. The maximum atomic E-state index is 12.7. The van der Waals surface area contributed by atoms with Crippen LogP contribution in [0.4, 0.5) is 0 Å². The van der Waals surface area contributed by atoms with Crippen LogP contribution in [0.1, 0.15) is 35.9 Å². The third-order valence-electron chi connectivity index (χ3n) is 4.90. The molecule has 2 atom stereocenters. The van der Waals surface area contributed by atoms with Gasteiger partial charge in [-0.25, -0.2) is 9.59 Å². The van der Waals surface area contributed by atoms with E-state index in [9.17, 15) is 9.59 Å². The molecular weight excluding hydrogens is 360 g/mol. The maximum Gasteiger partial charge on any atom is 0.338 e. The van der Waals surface area contributed by atoms with E-state index in [1.165, 1.54) is 13.2 Å². The molecule has 6 nitrogen and oxygen atoms in total. The fraction of sp³-hybridized carbons (Fsp3) is 0.273. The minimum Gasteiger partial charge on any atom is -0.483 e. The number of benzene rings is 2. The Bertz CT molecular complexity index is 1080. The Morgan fingerprint density at radius 2 is 1.75 bits per heavy atom. The van der Waals surface area contributed by atoms with E-state index in [0.717, 1.165) is 5.39 Å². The zero-order valence-electron chi connectivity index (χ0n) is 15.8. The van der Waals surface area contributed by atoms with Crippen LogP contribution in [0.15, 0.2) is 63.8 Å². The molecule has 0 fully saturated rings. The van der Waals surface area contributed by atoms with Gasteiger partial charge in [0.15, 0.2) is 6.10 Å². The largest absolute Gasteiger partial charge is 0.483 e. The number of ether oxygens (including phenoxy) is 3. The first-order chi connectivity index (χ1) is 13.4. The van der Waals surface area contributed by atoms with Crippen molar-refractivity contribution >= 4 is 16.9 Å². The molecule has 0 N–H and O–H groups in total. The topological polar surface area (TPSA) is 75.0 Å². The third-order valence-corrected chi connectivity index (χ3v) is 4.90. The Labute approximate surface area is 161 Å². The van der Waals surface area contributed by atoms with Crippen LogP contribution in [0.5, 0.6) is 5.75 Å². The van der Waals surface area contributed by atoms with E-state index in [4.69, 9.17) is 18.6 Å². The summed E-state index contributed by atoms with van der Waals surface area (Å²) in [7, 11) is 1.53. The second-order valence-corrected chi connectivity index (χ2v) is 7.20. The number of rotatable bonds is 3. The van der Waals surface area contributed by atoms with E-state index in [1.54, 1.807) is 36.4 Å². The van der Waals surface area contributed by atoms with Crippen LogP contribution in [-0.4, -0.2) is 24.8 Å². The standard InChI is InChI=1S/C22H20O6/c1-22(2)20(27-21(24)14-7-5-4-6-8-14)19(25-3)17-15(28-22)11-9-13-10-12-16(23)26-18(13)17/h4-12,19-20H,1-3H3. The lowest BCUT2D eigenvalue weighted by molar-refractivity contribution is -0.129. The molecule has 0 radical (unpaired) electrons. The number of fused-ring (bicyclic) bond motifs is 3. The molecule has 2 unspecified atom stereocenters. The highest BCUT2D eigenvalue weighted by atomic mass is 16.6. The second kappa shape index (κ2) is 6.80. The van der Waals surface area contributed by atoms with Crippen LogP contribution in [0.2, 0.25) is 0 Å². The molecule has 28 heavy (non-hydrogen) atoms. The lowest BCUT2D eigenvalue weighted by Crippen LogP contribution is -2.51. The maximum absolute atomic E-state index is 12.7. The lowest BCUT2D eigenvalue weighted by atomic mass is 9.87. The van der Waals surface area contributed by atoms with Crippen molar-refractivity contribution in [1.29, 1.82) is 0 Å². The molecule has 1 aromatic heterocycles. The summed E-state index contributed by atoms with van der Waals surface area (Å²) >= 11 is 0. The number of carbonyl (C=O) groups excluding carboxylic acids is 1. The summed E-state index contributed by atoms with van der Waals surface area (Å²) in [5.74, 6) is 0.0557. The fourth-order valence-corrected chi connectivity index (χ4v) is 3.55. The normalized spacial score (nSPS) is 20.2. The first-order valence-corrected chi connectivity index (χ1v) is 8.95. The van der Waals surface area contributed by atoms with Gasteiger partial charge in [-0.05, 0) is 44.2 Å². The Morgan fingerprint density at radius 3 is 2.46 bits per heavy atom. The average molecular weight is 380 g/mol. The van der Waals surface area contributed by atoms with Gasteiger partial charge >= 0.3 is 11.6 Å². The van der Waals surface area contributed by atoms with Gasteiger partial charge in [-0.1, -0.05) is 18.2 Å². The van der Waals surface area contributed by atoms with Gasteiger partial charge in [0.25, 0.3) is 0 Å². The second-order valence-electron chi connectivity index (χ2n) is 7.20. The zero-order valence-corrected chi connectivity index (χ0v) is 15.8. The van der Waals surface area contributed by atoms with Crippen molar-refractivity contribution in [1.82, 2.24) is 0 Å². The molecular formula is C22H20O6. The van der Waals surface area contributed by atoms with Crippen LogP contribution in [0, 0.1) is 0 Å². The van der Waals surface area contributed by atoms with Gasteiger partial charge in [0.1, 0.15) is 23.0 Å². The van der Waals surface area contributed by atoms with Gasteiger partial charge in [-0.2, -0.15) is 0 Å². The van der Waals surface area contributed by atoms with E-state index >= 15 is 0 Å². The molecule has 1 aliphatic heterocycles. The summed E-state index contributed by atoms with van der Waals surface area (Å²) in [5, 5.41) is 0.733. The summed E-state index contributed by atoms with van der Waals surface area (Å²) in [6.45, 7) is 3.66. The summed E-state index contributed by atoms with van der Waals surface area (Å²) in [6.07, 6.45) is -1.42. The number of carbonyl (C=O) groups is 1. The monoisotopic (exact) mass is 380 g/mol.